The number of rotatable bonds is 14. The number of carbonyl (C=O) groups excluding carboxylic acids is 1. The average molecular weight is 404 g/mol. The lowest BCUT2D eigenvalue weighted by molar-refractivity contribution is -0.117. The molecular weight excluding hydrogens is 362 g/mol. The van der Waals surface area contributed by atoms with E-state index in [2.05, 4.69) is 37.9 Å². The maximum atomic E-state index is 12.2. The van der Waals surface area contributed by atoms with E-state index in [-0.39, 0.29) is 17.0 Å². The maximum absolute atomic E-state index is 12.2. The van der Waals surface area contributed by atoms with Gasteiger partial charge in [0.2, 0.25) is 0 Å². The smallest absolute Gasteiger partial charge is 0.261 e. The fraction of sp³-hybridized carbons (Fsp3) is 0.750. The van der Waals surface area contributed by atoms with Crippen LogP contribution in [0.4, 0.5) is 0 Å². The SMILES string of the molecule is CCCCCCCCCCCCNC(=O)/C(C#N)=C\C=C1/OCC(C)(C)N1CC. The van der Waals surface area contributed by atoms with Crippen LogP contribution >= 0.6 is 0 Å². The van der Waals surface area contributed by atoms with Crippen molar-refractivity contribution in [2.75, 3.05) is 19.7 Å². The van der Waals surface area contributed by atoms with Crippen molar-refractivity contribution >= 4 is 5.91 Å². The van der Waals surface area contributed by atoms with Gasteiger partial charge in [0.15, 0.2) is 5.88 Å². The molecule has 0 radical (unpaired) electrons. The summed E-state index contributed by atoms with van der Waals surface area (Å²) in [6, 6.07) is 2.00. The number of unbranched alkanes of at least 4 members (excludes halogenated alkanes) is 9. The van der Waals surface area contributed by atoms with E-state index in [9.17, 15) is 10.1 Å². The maximum Gasteiger partial charge on any atom is 0.261 e. The number of likely N-dealkylation sites (N-methyl/N-ethyl adjacent to an activating group) is 1. The molecule has 1 saturated heterocycles. The summed E-state index contributed by atoms with van der Waals surface area (Å²) < 4.78 is 5.72. The average Bonchev–Trinajstić information content (AvgIpc) is 2.99. The molecule has 1 aliphatic rings. The van der Waals surface area contributed by atoms with Gasteiger partial charge in [-0.25, -0.2) is 0 Å². The summed E-state index contributed by atoms with van der Waals surface area (Å²) in [5, 5.41) is 12.2. The zero-order valence-corrected chi connectivity index (χ0v) is 19.1. The van der Waals surface area contributed by atoms with Crippen LogP contribution in [0.2, 0.25) is 0 Å². The Morgan fingerprint density at radius 1 is 1.10 bits per heavy atom. The molecule has 0 aromatic rings. The molecule has 5 heteroatoms. The first-order valence-corrected chi connectivity index (χ1v) is 11.5. The Labute approximate surface area is 178 Å². The zero-order chi connectivity index (χ0) is 21.5. The second kappa shape index (κ2) is 14.1. The number of amides is 1. The van der Waals surface area contributed by atoms with Crippen molar-refractivity contribution in [2.24, 2.45) is 0 Å². The van der Waals surface area contributed by atoms with Gasteiger partial charge >= 0.3 is 0 Å². The molecule has 1 rings (SSSR count). The third-order valence-corrected chi connectivity index (χ3v) is 5.46. The molecule has 5 nitrogen and oxygen atoms in total. The first-order valence-electron chi connectivity index (χ1n) is 11.5. The van der Waals surface area contributed by atoms with E-state index in [1.807, 2.05) is 6.07 Å². The van der Waals surface area contributed by atoms with E-state index in [4.69, 9.17) is 4.74 Å². The molecule has 164 valence electrons. The summed E-state index contributed by atoms with van der Waals surface area (Å²) in [6.45, 7) is 10.6. The summed E-state index contributed by atoms with van der Waals surface area (Å²) in [7, 11) is 0. The molecule has 29 heavy (non-hydrogen) atoms. The van der Waals surface area contributed by atoms with Gasteiger partial charge < -0.3 is 15.0 Å². The number of hydrogen-bond acceptors (Lipinski definition) is 4. The highest BCUT2D eigenvalue weighted by Gasteiger charge is 2.35. The summed E-state index contributed by atoms with van der Waals surface area (Å²) in [6.07, 6.45) is 15.9. The standard InChI is InChI=1S/C24H41N3O2/c1-5-7-8-9-10-11-12-13-14-15-18-26-23(28)21(19-25)16-17-22-27(6-2)24(3,4)20-29-22/h16-17H,5-15,18,20H2,1-4H3,(H,26,28)/b21-16-,22-17-. The summed E-state index contributed by atoms with van der Waals surface area (Å²) in [4.78, 5) is 14.4. The molecule has 1 fully saturated rings. The normalized spacial score (nSPS) is 17.3. The van der Waals surface area contributed by atoms with Crippen molar-refractivity contribution in [3.8, 4) is 6.07 Å². The molecule has 0 aliphatic carbocycles. The fourth-order valence-electron chi connectivity index (χ4n) is 3.65. The van der Waals surface area contributed by atoms with Crippen molar-refractivity contribution in [3.05, 3.63) is 23.6 Å². The zero-order valence-electron chi connectivity index (χ0n) is 19.1. The van der Waals surface area contributed by atoms with Crippen LogP contribution in [0.5, 0.6) is 0 Å². The lowest BCUT2D eigenvalue weighted by atomic mass is 10.1. The number of nitriles is 1. The van der Waals surface area contributed by atoms with Crippen LogP contribution in [0, 0.1) is 11.3 Å². The highest BCUT2D eigenvalue weighted by atomic mass is 16.5. The molecule has 0 atom stereocenters. The predicted octanol–water partition coefficient (Wildman–Crippen LogP) is 5.45. The second-order valence-electron chi connectivity index (χ2n) is 8.48. The van der Waals surface area contributed by atoms with E-state index in [1.165, 1.54) is 51.4 Å². The summed E-state index contributed by atoms with van der Waals surface area (Å²) in [5.41, 5.74) is 0.0489. The topological polar surface area (TPSA) is 65.4 Å². The quantitative estimate of drug-likeness (QED) is 0.238. The van der Waals surface area contributed by atoms with Crippen LogP contribution < -0.4 is 5.32 Å². The van der Waals surface area contributed by atoms with E-state index in [0.717, 1.165) is 19.4 Å². The van der Waals surface area contributed by atoms with Gasteiger partial charge in [-0.15, -0.1) is 0 Å². The molecule has 1 aliphatic heterocycles. The molecule has 1 heterocycles. The Hall–Kier alpha value is -1.96. The van der Waals surface area contributed by atoms with Gasteiger partial charge in [0.25, 0.3) is 5.91 Å². The van der Waals surface area contributed by atoms with Crippen LogP contribution in [0.15, 0.2) is 23.6 Å². The van der Waals surface area contributed by atoms with Gasteiger partial charge in [-0.3, -0.25) is 4.79 Å². The minimum atomic E-state index is -0.305. The Morgan fingerprint density at radius 2 is 1.69 bits per heavy atom. The minimum absolute atomic E-state index is 0.0704. The molecule has 0 bridgehead atoms. The Kier molecular flexibility index (Phi) is 12.2. The van der Waals surface area contributed by atoms with Crippen molar-refractivity contribution in [2.45, 2.75) is 97.4 Å². The highest BCUT2D eigenvalue weighted by Crippen LogP contribution is 2.29. The van der Waals surface area contributed by atoms with E-state index < -0.39 is 0 Å². The monoisotopic (exact) mass is 403 g/mol. The van der Waals surface area contributed by atoms with Crippen LogP contribution in [0.1, 0.15) is 91.9 Å². The van der Waals surface area contributed by atoms with Crippen molar-refractivity contribution in [3.63, 3.8) is 0 Å². The van der Waals surface area contributed by atoms with Crippen molar-refractivity contribution in [1.82, 2.24) is 10.2 Å². The first-order chi connectivity index (χ1) is 14.0. The number of hydrogen-bond donors (Lipinski definition) is 1. The Morgan fingerprint density at radius 3 is 2.24 bits per heavy atom. The fourth-order valence-corrected chi connectivity index (χ4v) is 3.65. The van der Waals surface area contributed by atoms with Gasteiger partial charge in [0, 0.05) is 13.1 Å². The minimum Gasteiger partial charge on any atom is -0.477 e. The number of carbonyl (C=O) groups is 1. The lowest BCUT2D eigenvalue weighted by Gasteiger charge is -2.28. The Bertz CT molecular complexity index is 587. The predicted molar refractivity (Wildman–Crippen MR) is 119 cm³/mol. The second-order valence-corrected chi connectivity index (χ2v) is 8.48. The van der Waals surface area contributed by atoms with Gasteiger partial charge in [-0.2, -0.15) is 5.26 Å². The molecule has 0 unspecified atom stereocenters. The van der Waals surface area contributed by atoms with Gasteiger partial charge in [0.1, 0.15) is 18.2 Å². The largest absolute Gasteiger partial charge is 0.477 e. The Balaban J connectivity index is 2.26. The molecule has 1 N–H and O–H groups in total. The molecule has 0 spiro atoms. The van der Waals surface area contributed by atoms with Gasteiger partial charge in [-0.05, 0) is 39.3 Å². The first kappa shape index (κ1) is 25.1. The number of nitrogens with one attached hydrogen (secondary N) is 1. The van der Waals surface area contributed by atoms with Crippen LogP contribution in [-0.2, 0) is 9.53 Å². The van der Waals surface area contributed by atoms with E-state index >= 15 is 0 Å². The van der Waals surface area contributed by atoms with Crippen LogP contribution in [-0.4, -0.2) is 36.0 Å². The highest BCUT2D eigenvalue weighted by molar-refractivity contribution is 5.97. The third-order valence-electron chi connectivity index (χ3n) is 5.46. The third kappa shape index (κ3) is 9.39. The number of nitrogens with zero attached hydrogens (tertiary/aromatic N) is 2. The van der Waals surface area contributed by atoms with Crippen LogP contribution in [0.3, 0.4) is 0 Å². The van der Waals surface area contributed by atoms with Crippen molar-refractivity contribution < 1.29 is 9.53 Å². The molecule has 0 saturated carbocycles. The molecule has 0 aromatic heterocycles. The number of allylic oxidation sites excluding steroid dienone is 2. The van der Waals surface area contributed by atoms with Gasteiger partial charge in [-0.1, -0.05) is 64.7 Å². The van der Waals surface area contributed by atoms with E-state index in [0.29, 0.717) is 19.0 Å². The summed E-state index contributed by atoms with van der Waals surface area (Å²) in [5.74, 6) is 0.410. The molecular formula is C24H41N3O2. The van der Waals surface area contributed by atoms with Crippen LogP contribution in [0.25, 0.3) is 0 Å². The number of ether oxygens (including phenoxy) is 1. The molecule has 1 amide bonds. The lowest BCUT2D eigenvalue weighted by Crippen LogP contribution is -2.39. The van der Waals surface area contributed by atoms with Gasteiger partial charge in [0.05, 0.1) is 5.54 Å². The summed E-state index contributed by atoms with van der Waals surface area (Å²) >= 11 is 0. The molecule has 0 aromatic carbocycles. The van der Waals surface area contributed by atoms with Crippen molar-refractivity contribution in [1.29, 1.82) is 5.26 Å². The van der Waals surface area contributed by atoms with E-state index in [1.54, 1.807) is 12.2 Å².